The first kappa shape index (κ1) is 12.8. The summed E-state index contributed by atoms with van der Waals surface area (Å²) in [6.07, 6.45) is 2.24. The molecule has 0 aliphatic carbocycles. The summed E-state index contributed by atoms with van der Waals surface area (Å²) in [7, 11) is 0. The van der Waals surface area contributed by atoms with Crippen LogP contribution in [0.4, 0.5) is 0 Å². The number of aliphatic carboxylic acids is 1. The van der Waals surface area contributed by atoms with Crippen LogP contribution in [0.25, 0.3) is 0 Å². The van der Waals surface area contributed by atoms with Crippen LogP contribution in [0.5, 0.6) is 0 Å². The van der Waals surface area contributed by atoms with Gasteiger partial charge in [0.05, 0.1) is 0 Å². The molecule has 1 saturated heterocycles. The number of carbonyl (C=O) groups is 1. The van der Waals surface area contributed by atoms with Gasteiger partial charge in [0.15, 0.2) is 0 Å². The van der Waals surface area contributed by atoms with E-state index in [4.69, 9.17) is 5.11 Å². The fourth-order valence-electron chi connectivity index (χ4n) is 1.79. The minimum atomic E-state index is -0.700. The van der Waals surface area contributed by atoms with Crippen molar-refractivity contribution in [3.63, 3.8) is 0 Å². The second-order valence-corrected chi connectivity index (χ2v) is 5.97. The van der Waals surface area contributed by atoms with E-state index in [1.807, 2.05) is 11.8 Å². The summed E-state index contributed by atoms with van der Waals surface area (Å²) < 4.78 is 0. The summed E-state index contributed by atoms with van der Waals surface area (Å²) in [5.74, 6) is 1.70. The third-order valence-electron chi connectivity index (χ3n) is 3.08. The highest BCUT2D eigenvalue weighted by molar-refractivity contribution is 7.99. The summed E-state index contributed by atoms with van der Waals surface area (Å²) in [6, 6.07) is 0.532. The third-order valence-corrected chi connectivity index (χ3v) is 4.14. The van der Waals surface area contributed by atoms with Crippen molar-refractivity contribution < 1.29 is 9.90 Å². The zero-order chi connectivity index (χ0) is 11.3. The lowest BCUT2D eigenvalue weighted by molar-refractivity contribution is -0.137. The maximum atomic E-state index is 10.3. The Kier molecular flexibility index (Phi) is 4.93. The lowest BCUT2D eigenvalue weighted by atomic mass is 9.82. The van der Waals surface area contributed by atoms with Gasteiger partial charge in [0.2, 0.25) is 0 Å². The van der Waals surface area contributed by atoms with E-state index in [2.05, 4.69) is 19.2 Å². The smallest absolute Gasteiger partial charge is 0.303 e. The standard InChI is InChI=1S/C11H21NO2S/c1-11(2)5-7-15-8-9(11)12-6-3-4-10(13)14/h9,12H,3-8H2,1-2H3,(H,13,14). The van der Waals surface area contributed by atoms with Gasteiger partial charge in [-0.1, -0.05) is 13.8 Å². The molecule has 88 valence electrons. The van der Waals surface area contributed by atoms with Gasteiger partial charge in [-0.25, -0.2) is 0 Å². The van der Waals surface area contributed by atoms with Crippen LogP contribution in [0.3, 0.4) is 0 Å². The van der Waals surface area contributed by atoms with Crippen molar-refractivity contribution in [3.8, 4) is 0 Å². The Morgan fingerprint density at radius 1 is 1.60 bits per heavy atom. The average Bonchev–Trinajstić information content (AvgIpc) is 2.13. The number of hydrogen-bond donors (Lipinski definition) is 2. The van der Waals surface area contributed by atoms with E-state index in [0.717, 1.165) is 18.7 Å². The molecule has 1 heterocycles. The van der Waals surface area contributed by atoms with E-state index in [0.29, 0.717) is 11.5 Å². The average molecular weight is 231 g/mol. The molecule has 0 spiro atoms. The summed E-state index contributed by atoms with van der Waals surface area (Å²) >= 11 is 1.99. The highest BCUT2D eigenvalue weighted by atomic mass is 32.2. The SMILES string of the molecule is CC1(C)CCSCC1NCCCC(=O)O. The van der Waals surface area contributed by atoms with Crippen LogP contribution in [0.15, 0.2) is 0 Å². The zero-order valence-electron chi connectivity index (χ0n) is 9.58. The van der Waals surface area contributed by atoms with E-state index in [1.54, 1.807) is 0 Å². The van der Waals surface area contributed by atoms with Gasteiger partial charge >= 0.3 is 5.97 Å². The van der Waals surface area contributed by atoms with E-state index < -0.39 is 5.97 Å². The highest BCUT2D eigenvalue weighted by Gasteiger charge is 2.31. The molecular weight excluding hydrogens is 210 g/mol. The van der Waals surface area contributed by atoms with Crippen molar-refractivity contribution in [2.45, 2.75) is 39.2 Å². The second kappa shape index (κ2) is 5.75. The van der Waals surface area contributed by atoms with Crippen LogP contribution in [-0.2, 0) is 4.79 Å². The fraction of sp³-hybridized carbons (Fsp3) is 0.909. The molecule has 0 aromatic rings. The Hall–Kier alpha value is -0.220. The van der Waals surface area contributed by atoms with Crippen molar-refractivity contribution in [2.24, 2.45) is 5.41 Å². The summed E-state index contributed by atoms with van der Waals surface area (Å²) in [6.45, 7) is 5.41. The predicted octanol–water partition coefficient (Wildman–Crippen LogP) is 1.97. The molecule has 0 saturated carbocycles. The van der Waals surface area contributed by atoms with E-state index >= 15 is 0 Å². The van der Waals surface area contributed by atoms with Gasteiger partial charge in [0, 0.05) is 18.2 Å². The molecule has 1 unspecified atom stereocenters. The molecule has 1 atom stereocenters. The quantitative estimate of drug-likeness (QED) is 0.710. The normalized spacial score (nSPS) is 25.1. The van der Waals surface area contributed by atoms with Crippen LogP contribution < -0.4 is 5.32 Å². The molecule has 0 bridgehead atoms. The predicted molar refractivity (Wildman–Crippen MR) is 64.4 cm³/mol. The number of carboxylic acids is 1. The van der Waals surface area contributed by atoms with Crippen LogP contribution in [0, 0.1) is 5.41 Å². The lowest BCUT2D eigenvalue weighted by Crippen LogP contribution is -2.46. The van der Waals surface area contributed by atoms with Crippen molar-refractivity contribution in [1.82, 2.24) is 5.32 Å². The Morgan fingerprint density at radius 2 is 2.33 bits per heavy atom. The number of rotatable bonds is 5. The van der Waals surface area contributed by atoms with E-state index in [-0.39, 0.29) is 6.42 Å². The first-order valence-corrected chi connectivity index (χ1v) is 6.71. The van der Waals surface area contributed by atoms with Crippen molar-refractivity contribution in [3.05, 3.63) is 0 Å². The Bertz CT molecular complexity index is 219. The molecular formula is C11H21NO2S. The largest absolute Gasteiger partial charge is 0.481 e. The van der Waals surface area contributed by atoms with Gasteiger partial charge in [-0.3, -0.25) is 4.79 Å². The number of carboxylic acid groups (broad SMARTS) is 1. The topological polar surface area (TPSA) is 49.3 Å². The number of nitrogens with one attached hydrogen (secondary N) is 1. The van der Waals surface area contributed by atoms with E-state index in [1.165, 1.54) is 12.2 Å². The minimum Gasteiger partial charge on any atom is -0.481 e. The van der Waals surface area contributed by atoms with Gasteiger partial charge < -0.3 is 10.4 Å². The molecule has 1 aliphatic rings. The van der Waals surface area contributed by atoms with Gasteiger partial charge in [-0.2, -0.15) is 11.8 Å². The second-order valence-electron chi connectivity index (χ2n) is 4.82. The third kappa shape index (κ3) is 4.43. The van der Waals surface area contributed by atoms with Crippen molar-refractivity contribution in [2.75, 3.05) is 18.1 Å². The zero-order valence-corrected chi connectivity index (χ0v) is 10.4. The Balaban J connectivity index is 2.21. The first-order valence-electron chi connectivity index (χ1n) is 5.55. The minimum absolute atomic E-state index is 0.271. The summed E-state index contributed by atoms with van der Waals surface area (Å²) in [5, 5.41) is 12.0. The molecule has 0 aromatic carbocycles. The van der Waals surface area contributed by atoms with Crippen LogP contribution in [0.1, 0.15) is 33.1 Å². The van der Waals surface area contributed by atoms with Crippen molar-refractivity contribution >= 4 is 17.7 Å². The van der Waals surface area contributed by atoms with Crippen LogP contribution >= 0.6 is 11.8 Å². The molecule has 0 radical (unpaired) electrons. The molecule has 4 heteroatoms. The maximum Gasteiger partial charge on any atom is 0.303 e. The molecule has 15 heavy (non-hydrogen) atoms. The maximum absolute atomic E-state index is 10.3. The molecule has 0 aromatic heterocycles. The molecule has 1 aliphatic heterocycles. The van der Waals surface area contributed by atoms with Crippen molar-refractivity contribution in [1.29, 1.82) is 0 Å². The molecule has 1 fully saturated rings. The molecule has 0 amide bonds. The summed E-state index contributed by atoms with van der Waals surface area (Å²) in [5.41, 5.74) is 0.356. The van der Waals surface area contributed by atoms with Crippen LogP contribution in [-0.4, -0.2) is 35.2 Å². The fourth-order valence-corrected chi connectivity index (χ4v) is 3.43. The Labute approximate surface area is 96.0 Å². The van der Waals surface area contributed by atoms with Gasteiger partial charge in [-0.05, 0) is 30.6 Å². The van der Waals surface area contributed by atoms with E-state index in [9.17, 15) is 4.79 Å². The monoisotopic (exact) mass is 231 g/mol. The molecule has 3 nitrogen and oxygen atoms in total. The number of hydrogen-bond acceptors (Lipinski definition) is 3. The first-order chi connectivity index (χ1) is 7.02. The Morgan fingerprint density at radius 3 is 2.93 bits per heavy atom. The highest BCUT2D eigenvalue weighted by Crippen LogP contribution is 2.33. The van der Waals surface area contributed by atoms with Gasteiger partial charge in [-0.15, -0.1) is 0 Å². The number of thioether (sulfide) groups is 1. The molecule has 2 N–H and O–H groups in total. The van der Waals surface area contributed by atoms with Gasteiger partial charge in [0.25, 0.3) is 0 Å². The van der Waals surface area contributed by atoms with Crippen LogP contribution in [0.2, 0.25) is 0 Å². The lowest BCUT2D eigenvalue weighted by Gasteiger charge is -2.38. The van der Waals surface area contributed by atoms with Gasteiger partial charge in [0.1, 0.15) is 0 Å². The molecule has 1 rings (SSSR count). The summed E-state index contributed by atoms with van der Waals surface area (Å²) in [4.78, 5) is 10.3.